The van der Waals surface area contributed by atoms with E-state index in [9.17, 15) is 13.6 Å². The smallest absolute Gasteiger partial charge is 0.234 e. The molecule has 0 atom stereocenters. The summed E-state index contributed by atoms with van der Waals surface area (Å²) in [5.74, 6) is -2.14. The van der Waals surface area contributed by atoms with Crippen LogP contribution in [0.4, 0.5) is 14.5 Å². The van der Waals surface area contributed by atoms with Crippen LogP contribution in [0.1, 0.15) is 0 Å². The van der Waals surface area contributed by atoms with E-state index < -0.39 is 11.6 Å². The molecule has 1 amide bonds. The van der Waals surface area contributed by atoms with Crippen LogP contribution in [0.5, 0.6) is 0 Å². The lowest BCUT2D eigenvalue weighted by molar-refractivity contribution is -0.113. The van der Waals surface area contributed by atoms with Crippen molar-refractivity contribution in [3.8, 4) is 0 Å². The number of hydrogen-bond acceptors (Lipinski definition) is 2. The Balaban J connectivity index is 1.93. The fourth-order valence-electron chi connectivity index (χ4n) is 1.48. The SMILES string of the molecule is O=C(CSc1ccccc1Cl)Nc1ccc(F)c(F)c1. The van der Waals surface area contributed by atoms with Crippen molar-refractivity contribution in [2.75, 3.05) is 11.1 Å². The van der Waals surface area contributed by atoms with E-state index in [4.69, 9.17) is 11.6 Å². The molecule has 0 spiro atoms. The fraction of sp³-hybridized carbons (Fsp3) is 0.0714. The van der Waals surface area contributed by atoms with Gasteiger partial charge in [-0.3, -0.25) is 4.79 Å². The summed E-state index contributed by atoms with van der Waals surface area (Å²) in [5.41, 5.74) is 0.216. The van der Waals surface area contributed by atoms with Crippen LogP contribution in [-0.2, 0) is 4.79 Å². The molecule has 6 heteroatoms. The number of halogens is 3. The van der Waals surface area contributed by atoms with Gasteiger partial charge in [0.05, 0.1) is 10.8 Å². The van der Waals surface area contributed by atoms with Gasteiger partial charge in [0.25, 0.3) is 0 Å². The third-order valence-corrected chi connectivity index (χ3v) is 3.91. The van der Waals surface area contributed by atoms with Gasteiger partial charge in [-0.05, 0) is 24.3 Å². The van der Waals surface area contributed by atoms with Gasteiger partial charge in [-0.1, -0.05) is 23.7 Å². The molecule has 20 heavy (non-hydrogen) atoms. The summed E-state index contributed by atoms with van der Waals surface area (Å²) in [6, 6.07) is 10.4. The van der Waals surface area contributed by atoms with Crippen molar-refractivity contribution >= 4 is 35.0 Å². The first-order chi connectivity index (χ1) is 9.56. The highest BCUT2D eigenvalue weighted by atomic mass is 35.5. The van der Waals surface area contributed by atoms with Gasteiger partial charge >= 0.3 is 0 Å². The minimum absolute atomic E-state index is 0.128. The monoisotopic (exact) mass is 313 g/mol. The van der Waals surface area contributed by atoms with Crippen LogP contribution in [0.2, 0.25) is 5.02 Å². The minimum atomic E-state index is -0.999. The number of thioether (sulfide) groups is 1. The van der Waals surface area contributed by atoms with E-state index in [1.165, 1.54) is 17.8 Å². The Morgan fingerprint density at radius 3 is 2.60 bits per heavy atom. The van der Waals surface area contributed by atoms with Gasteiger partial charge in [-0.15, -0.1) is 11.8 Å². The fourth-order valence-corrected chi connectivity index (χ4v) is 2.51. The molecule has 0 unspecified atom stereocenters. The lowest BCUT2D eigenvalue weighted by atomic mass is 10.3. The second-order valence-corrected chi connectivity index (χ2v) is 5.32. The maximum atomic E-state index is 13.0. The molecule has 2 nitrogen and oxygen atoms in total. The Labute approximate surface area is 124 Å². The first kappa shape index (κ1) is 14.8. The molecule has 2 aromatic rings. The average molecular weight is 314 g/mol. The molecular weight excluding hydrogens is 304 g/mol. The van der Waals surface area contributed by atoms with Gasteiger partial charge in [0, 0.05) is 16.6 Å². The Bertz CT molecular complexity index is 636. The van der Waals surface area contributed by atoms with Crippen molar-refractivity contribution < 1.29 is 13.6 Å². The maximum Gasteiger partial charge on any atom is 0.234 e. The van der Waals surface area contributed by atoms with Gasteiger partial charge in [0.15, 0.2) is 11.6 Å². The van der Waals surface area contributed by atoms with Gasteiger partial charge in [0.2, 0.25) is 5.91 Å². The second kappa shape index (κ2) is 6.72. The zero-order chi connectivity index (χ0) is 14.5. The Morgan fingerprint density at radius 1 is 1.15 bits per heavy atom. The Kier molecular flexibility index (Phi) is 4.98. The molecule has 1 N–H and O–H groups in total. The minimum Gasteiger partial charge on any atom is -0.325 e. The number of benzene rings is 2. The normalized spacial score (nSPS) is 10.3. The first-order valence-electron chi connectivity index (χ1n) is 5.68. The van der Waals surface area contributed by atoms with Crippen LogP contribution in [0.15, 0.2) is 47.4 Å². The molecule has 0 bridgehead atoms. The van der Waals surface area contributed by atoms with E-state index in [0.717, 1.165) is 17.0 Å². The number of amides is 1. The predicted octanol–water partition coefficient (Wildman–Crippen LogP) is 4.35. The molecule has 0 aromatic heterocycles. The van der Waals surface area contributed by atoms with E-state index in [-0.39, 0.29) is 17.3 Å². The summed E-state index contributed by atoms with van der Waals surface area (Å²) < 4.78 is 25.7. The third kappa shape index (κ3) is 3.95. The number of hydrogen-bond donors (Lipinski definition) is 1. The van der Waals surface area contributed by atoms with E-state index >= 15 is 0 Å². The molecule has 0 saturated carbocycles. The molecule has 0 aliphatic heterocycles. The standard InChI is InChI=1S/C14H10ClF2NOS/c15-10-3-1-2-4-13(10)20-8-14(19)18-9-5-6-11(16)12(17)7-9/h1-7H,8H2,(H,18,19). The summed E-state index contributed by atoms with van der Waals surface area (Å²) in [4.78, 5) is 12.5. The highest BCUT2D eigenvalue weighted by Gasteiger charge is 2.08. The van der Waals surface area contributed by atoms with Crippen LogP contribution in [0, 0.1) is 11.6 Å². The van der Waals surface area contributed by atoms with Crippen LogP contribution in [0.25, 0.3) is 0 Å². The zero-order valence-electron chi connectivity index (χ0n) is 10.2. The zero-order valence-corrected chi connectivity index (χ0v) is 11.8. The Hall–Kier alpha value is -1.59. The lowest BCUT2D eigenvalue weighted by Gasteiger charge is -2.06. The molecule has 0 aliphatic carbocycles. The molecule has 0 heterocycles. The van der Waals surface area contributed by atoms with Gasteiger partial charge in [0.1, 0.15) is 0 Å². The summed E-state index contributed by atoms with van der Waals surface area (Å²) in [5, 5.41) is 3.06. The third-order valence-electron chi connectivity index (χ3n) is 2.40. The van der Waals surface area contributed by atoms with Crippen molar-refractivity contribution in [1.82, 2.24) is 0 Å². The second-order valence-electron chi connectivity index (χ2n) is 3.90. The topological polar surface area (TPSA) is 29.1 Å². The molecule has 104 valence electrons. The van der Waals surface area contributed by atoms with E-state index in [0.29, 0.717) is 5.02 Å². The van der Waals surface area contributed by atoms with E-state index in [1.807, 2.05) is 6.07 Å². The maximum absolute atomic E-state index is 13.0. The number of carbonyl (C=O) groups excluding carboxylic acids is 1. The molecule has 0 radical (unpaired) electrons. The van der Waals surface area contributed by atoms with Crippen molar-refractivity contribution in [1.29, 1.82) is 0 Å². The molecule has 0 saturated heterocycles. The molecule has 0 aliphatic rings. The number of anilines is 1. The van der Waals surface area contributed by atoms with Crippen LogP contribution in [-0.4, -0.2) is 11.7 Å². The molecule has 2 aromatic carbocycles. The lowest BCUT2D eigenvalue weighted by Crippen LogP contribution is -2.14. The Morgan fingerprint density at radius 2 is 1.90 bits per heavy atom. The number of nitrogens with one attached hydrogen (secondary N) is 1. The van der Waals surface area contributed by atoms with E-state index in [2.05, 4.69) is 5.32 Å². The summed E-state index contributed by atoms with van der Waals surface area (Å²) in [6.07, 6.45) is 0. The van der Waals surface area contributed by atoms with Crippen molar-refractivity contribution in [2.45, 2.75) is 4.90 Å². The van der Waals surface area contributed by atoms with E-state index in [1.54, 1.807) is 18.2 Å². The summed E-state index contributed by atoms with van der Waals surface area (Å²) >= 11 is 7.23. The number of rotatable bonds is 4. The van der Waals surface area contributed by atoms with Crippen LogP contribution < -0.4 is 5.32 Å². The van der Waals surface area contributed by atoms with Crippen molar-refractivity contribution in [3.63, 3.8) is 0 Å². The molecule has 2 rings (SSSR count). The molecule has 0 fully saturated rings. The van der Waals surface area contributed by atoms with Crippen molar-refractivity contribution in [3.05, 3.63) is 59.1 Å². The van der Waals surface area contributed by atoms with Gasteiger partial charge < -0.3 is 5.32 Å². The summed E-state index contributed by atoms with van der Waals surface area (Å²) in [6.45, 7) is 0. The first-order valence-corrected chi connectivity index (χ1v) is 7.05. The molecular formula is C14H10ClF2NOS. The predicted molar refractivity (Wildman–Crippen MR) is 77.2 cm³/mol. The highest BCUT2D eigenvalue weighted by molar-refractivity contribution is 8.00. The highest BCUT2D eigenvalue weighted by Crippen LogP contribution is 2.26. The van der Waals surface area contributed by atoms with Gasteiger partial charge in [-0.2, -0.15) is 0 Å². The average Bonchev–Trinajstić information content (AvgIpc) is 2.42. The largest absolute Gasteiger partial charge is 0.325 e. The summed E-state index contributed by atoms with van der Waals surface area (Å²) in [7, 11) is 0. The van der Waals surface area contributed by atoms with Crippen molar-refractivity contribution in [2.24, 2.45) is 0 Å². The van der Waals surface area contributed by atoms with Crippen LogP contribution >= 0.6 is 23.4 Å². The quantitative estimate of drug-likeness (QED) is 0.850. The van der Waals surface area contributed by atoms with Gasteiger partial charge in [-0.25, -0.2) is 8.78 Å². The van der Waals surface area contributed by atoms with Crippen LogP contribution in [0.3, 0.4) is 0 Å². The number of carbonyl (C=O) groups is 1.